The van der Waals surface area contributed by atoms with Crippen molar-refractivity contribution in [1.29, 1.82) is 0 Å². The predicted octanol–water partition coefficient (Wildman–Crippen LogP) is 2.56. The fourth-order valence-electron chi connectivity index (χ4n) is 2.22. The molecule has 1 aliphatic rings. The molecule has 2 nitrogen and oxygen atoms in total. The third kappa shape index (κ3) is 2.80. The standard InChI is InChI=1S/C11H20O2/c1-3-10(12)11(13-2)9-7-5-4-6-8-9/h9,11H,3-8H2,1-2H3/t11-/m0/s1. The molecule has 0 amide bonds. The molecule has 1 rings (SSSR count). The summed E-state index contributed by atoms with van der Waals surface area (Å²) in [7, 11) is 1.66. The normalized spacial score (nSPS) is 21.4. The van der Waals surface area contributed by atoms with Gasteiger partial charge in [0.05, 0.1) is 0 Å². The van der Waals surface area contributed by atoms with Gasteiger partial charge in [-0.2, -0.15) is 0 Å². The minimum atomic E-state index is -0.120. The number of hydrogen-bond donors (Lipinski definition) is 0. The van der Waals surface area contributed by atoms with Crippen LogP contribution in [0.1, 0.15) is 45.4 Å². The molecular formula is C11H20O2. The average molecular weight is 184 g/mol. The van der Waals surface area contributed by atoms with E-state index in [1.165, 1.54) is 32.1 Å². The van der Waals surface area contributed by atoms with Crippen LogP contribution in [-0.4, -0.2) is 19.0 Å². The van der Waals surface area contributed by atoms with Crippen LogP contribution in [0.25, 0.3) is 0 Å². The molecular weight excluding hydrogens is 164 g/mol. The number of ether oxygens (including phenoxy) is 1. The summed E-state index contributed by atoms with van der Waals surface area (Å²) >= 11 is 0. The summed E-state index contributed by atoms with van der Waals surface area (Å²) in [4.78, 5) is 11.5. The van der Waals surface area contributed by atoms with Crippen LogP contribution < -0.4 is 0 Å². The van der Waals surface area contributed by atoms with Crippen molar-refractivity contribution in [2.75, 3.05) is 7.11 Å². The Morgan fingerprint density at radius 3 is 2.46 bits per heavy atom. The highest BCUT2D eigenvalue weighted by molar-refractivity contribution is 5.83. The number of carbonyl (C=O) groups excluding carboxylic acids is 1. The SMILES string of the molecule is CCC(=O)[C@@H](OC)C1CCCCC1. The highest BCUT2D eigenvalue weighted by Gasteiger charge is 2.27. The maximum atomic E-state index is 11.5. The molecule has 0 radical (unpaired) electrons. The molecule has 0 heterocycles. The number of rotatable bonds is 4. The van der Waals surface area contributed by atoms with Crippen LogP contribution in [0.5, 0.6) is 0 Å². The zero-order valence-corrected chi connectivity index (χ0v) is 8.71. The predicted molar refractivity (Wildman–Crippen MR) is 52.7 cm³/mol. The van der Waals surface area contributed by atoms with Gasteiger partial charge in [-0.15, -0.1) is 0 Å². The molecule has 0 aromatic carbocycles. The molecule has 0 aliphatic heterocycles. The first-order chi connectivity index (χ1) is 6.29. The van der Waals surface area contributed by atoms with Crippen molar-refractivity contribution >= 4 is 5.78 Å². The third-order valence-electron chi connectivity index (χ3n) is 3.00. The van der Waals surface area contributed by atoms with Gasteiger partial charge in [0.1, 0.15) is 6.10 Å². The van der Waals surface area contributed by atoms with Crippen LogP contribution >= 0.6 is 0 Å². The summed E-state index contributed by atoms with van der Waals surface area (Å²) < 4.78 is 5.29. The van der Waals surface area contributed by atoms with E-state index >= 15 is 0 Å². The van der Waals surface area contributed by atoms with Crippen molar-refractivity contribution in [1.82, 2.24) is 0 Å². The van der Waals surface area contributed by atoms with Crippen molar-refractivity contribution in [3.8, 4) is 0 Å². The Kier molecular flexibility index (Phi) is 4.43. The zero-order valence-electron chi connectivity index (χ0n) is 8.71. The van der Waals surface area contributed by atoms with Crippen molar-refractivity contribution in [3.63, 3.8) is 0 Å². The van der Waals surface area contributed by atoms with E-state index in [1.54, 1.807) is 7.11 Å². The molecule has 13 heavy (non-hydrogen) atoms. The van der Waals surface area contributed by atoms with Gasteiger partial charge in [0.2, 0.25) is 0 Å². The number of hydrogen-bond acceptors (Lipinski definition) is 2. The fourth-order valence-corrected chi connectivity index (χ4v) is 2.22. The molecule has 0 aromatic rings. The lowest BCUT2D eigenvalue weighted by atomic mass is 9.83. The Morgan fingerprint density at radius 1 is 1.38 bits per heavy atom. The molecule has 0 bridgehead atoms. The van der Waals surface area contributed by atoms with Crippen molar-refractivity contribution < 1.29 is 9.53 Å². The maximum absolute atomic E-state index is 11.5. The summed E-state index contributed by atoms with van der Waals surface area (Å²) in [6, 6.07) is 0. The lowest BCUT2D eigenvalue weighted by Gasteiger charge is -2.27. The second kappa shape index (κ2) is 5.38. The number of methoxy groups -OCH3 is 1. The van der Waals surface area contributed by atoms with E-state index in [4.69, 9.17) is 4.74 Å². The lowest BCUT2D eigenvalue weighted by molar-refractivity contribution is -0.132. The minimum Gasteiger partial charge on any atom is -0.373 e. The van der Waals surface area contributed by atoms with E-state index in [0.717, 1.165) is 0 Å². The van der Waals surface area contributed by atoms with Gasteiger partial charge in [-0.1, -0.05) is 26.2 Å². The van der Waals surface area contributed by atoms with E-state index in [0.29, 0.717) is 12.3 Å². The molecule has 0 saturated heterocycles. The van der Waals surface area contributed by atoms with E-state index in [-0.39, 0.29) is 11.9 Å². The monoisotopic (exact) mass is 184 g/mol. The molecule has 0 N–H and O–H groups in total. The fraction of sp³-hybridized carbons (Fsp3) is 0.909. The lowest BCUT2D eigenvalue weighted by Crippen LogP contribution is -2.32. The van der Waals surface area contributed by atoms with Gasteiger partial charge in [-0.3, -0.25) is 4.79 Å². The van der Waals surface area contributed by atoms with E-state index in [1.807, 2.05) is 6.92 Å². The van der Waals surface area contributed by atoms with Crippen LogP contribution in [0.2, 0.25) is 0 Å². The Balaban J connectivity index is 2.48. The van der Waals surface area contributed by atoms with E-state index in [2.05, 4.69) is 0 Å². The topological polar surface area (TPSA) is 26.3 Å². The van der Waals surface area contributed by atoms with Gasteiger partial charge in [0, 0.05) is 13.5 Å². The molecule has 76 valence electrons. The van der Waals surface area contributed by atoms with Crippen molar-refractivity contribution in [2.45, 2.75) is 51.6 Å². The molecule has 0 spiro atoms. The second-order valence-electron chi connectivity index (χ2n) is 3.87. The second-order valence-corrected chi connectivity index (χ2v) is 3.87. The Labute approximate surface area is 80.7 Å². The summed E-state index contributed by atoms with van der Waals surface area (Å²) in [5, 5.41) is 0. The zero-order chi connectivity index (χ0) is 9.68. The van der Waals surface area contributed by atoms with Gasteiger partial charge < -0.3 is 4.74 Å². The highest BCUT2D eigenvalue weighted by atomic mass is 16.5. The number of ketones is 1. The van der Waals surface area contributed by atoms with Crippen LogP contribution in [0.3, 0.4) is 0 Å². The summed E-state index contributed by atoms with van der Waals surface area (Å²) in [6.45, 7) is 1.91. The smallest absolute Gasteiger partial charge is 0.161 e. The first kappa shape index (κ1) is 10.7. The molecule has 1 aliphatic carbocycles. The van der Waals surface area contributed by atoms with E-state index in [9.17, 15) is 4.79 Å². The number of Topliss-reactive ketones (excluding diaryl/α,β-unsaturated/α-hetero) is 1. The van der Waals surface area contributed by atoms with Gasteiger partial charge in [-0.05, 0) is 18.8 Å². The van der Waals surface area contributed by atoms with E-state index < -0.39 is 0 Å². The number of carbonyl (C=O) groups is 1. The van der Waals surface area contributed by atoms with Crippen molar-refractivity contribution in [3.05, 3.63) is 0 Å². The molecule has 1 fully saturated rings. The van der Waals surface area contributed by atoms with Crippen LogP contribution in [0, 0.1) is 5.92 Å². The van der Waals surface area contributed by atoms with Gasteiger partial charge in [0.15, 0.2) is 5.78 Å². The first-order valence-corrected chi connectivity index (χ1v) is 5.35. The quantitative estimate of drug-likeness (QED) is 0.671. The summed E-state index contributed by atoms with van der Waals surface area (Å²) in [5.41, 5.74) is 0. The Morgan fingerprint density at radius 2 is 2.00 bits per heavy atom. The van der Waals surface area contributed by atoms with Crippen LogP contribution in [-0.2, 0) is 9.53 Å². The van der Waals surface area contributed by atoms with Gasteiger partial charge in [-0.25, -0.2) is 0 Å². The van der Waals surface area contributed by atoms with Gasteiger partial charge in [0.25, 0.3) is 0 Å². The molecule has 0 aromatic heterocycles. The molecule has 0 unspecified atom stereocenters. The summed E-state index contributed by atoms with van der Waals surface area (Å²) in [5.74, 6) is 0.764. The third-order valence-corrected chi connectivity index (χ3v) is 3.00. The van der Waals surface area contributed by atoms with Crippen molar-refractivity contribution in [2.24, 2.45) is 5.92 Å². The average Bonchev–Trinajstić information content (AvgIpc) is 2.20. The highest BCUT2D eigenvalue weighted by Crippen LogP contribution is 2.28. The first-order valence-electron chi connectivity index (χ1n) is 5.35. The van der Waals surface area contributed by atoms with Crippen LogP contribution in [0.15, 0.2) is 0 Å². The maximum Gasteiger partial charge on any atom is 0.161 e. The van der Waals surface area contributed by atoms with Crippen LogP contribution in [0.4, 0.5) is 0 Å². The molecule has 1 atom stereocenters. The Bertz CT molecular complexity index is 159. The molecule has 2 heteroatoms. The minimum absolute atomic E-state index is 0.120. The largest absolute Gasteiger partial charge is 0.373 e. The Hall–Kier alpha value is -0.370. The van der Waals surface area contributed by atoms with Gasteiger partial charge >= 0.3 is 0 Å². The molecule has 1 saturated carbocycles. The summed E-state index contributed by atoms with van der Waals surface area (Å²) in [6.07, 6.45) is 6.69.